The van der Waals surface area contributed by atoms with Gasteiger partial charge in [0, 0.05) is 55.5 Å². The van der Waals surface area contributed by atoms with E-state index in [4.69, 9.17) is 34.4 Å². The summed E-state index contributed by atoms with van der Waals surface area (Å²) < 4.78 is 28.8. The number of allylic oxidation sites excluding steroid dienone is 1. The van der Waals surface area contributed by atoms with Gasteiger partial charge in [0.1, 0.15) is 5.75 Å². The summed E-state index contributed by atoms with van der Waals surface area (Å²) in [6.07, 6.45) is 9.52. The van der Waals surface area contributed by atoms with Gasteiger partial charge in [-0.25, -0.2) is 0 Å². The highest BCUT2D eigenvalue weighted by molar-refractivity contribution is 6.05. The Bertz CT molecular complexity index is 2350. The van der Waals surface area contributed by atoms with Gasteiger partial charge in [0.2, 0.25) is 5.91 Å². The average Bonchev–Trinajstić information content (AvgIpc) is 3.64. The molecule has 2 atom stereocenters. The Morgan fingerprint density at radius 1 is 0.831 bits per heavy atom. The van der Waals surface area contributed by atoms with Gasteiger partial charge in [-0.3, -0.25) is 24.4 Å². The molecule has 59 heavy (non-hydrogen) atoms. The van der Waals surface area contributed by atoms with Crippen LogP contribution in [-0.4, -0.2) is 81.7 Å². The van der Waals surface area contributed by atoms with Crippen LogP contribution in [0.15, 0.2) is 95.2 Å². The molecule has 3 heterocycles. The lowest BCUT2D eigenvalue weighted by Gasteiger charge is -2.19. The lowest BCUT2D eigenvalue weighted by atomic mass is 10.0. The monoisotopic (exact) mass is 798 g/mol. The number of carbonyl (C=O) groups is 3. The van der Waals surface area contributed by atoms with Crippen molar-refractivity contribution in [3.8, 4) is 28.7 Å². The normalized spacial score (nSPS) is 17.2. The SMILES string of the molecule is COc1ccc(C2=CN3C(=O)c4cc(OC)c(OCCCOc5cc6c(cc5OC)C(=O)N/C=C(/c5ccc(NC(=O)[C@H](C)N)cc5)CCC=N6)cc4N=C[C@@H]3C2)cc1. The summed E-state index contributed by atoms with van der Waals surface area (Å²) in [5.41, 5.74) is 11.8. The highest BCUT2D eigenvalue weighted by Gasteiger charge is 2.33. The summed E-state index contributed by atoms with van der Waals surface area (Å²) in [7, 11) is 4.67. The first-order chi connectivity index (χ1) is 28.6. The number of amides is 3. The van der Waals surface area contributed by atoms with Crippen molar-refractivity contribution in [2.45, 2.75) is 44.7 Å². The number of hydrogen-bond donors (Lipinski definition) is 3. The second-order valence-corrected chi connectivity index (χ2v) is 14.1. The molecule has 0 unspecified atom stereocenters. The lowest BCUT2D eigenvalue weighted by molar-refractivity contribution is -0.117. The van der Waals surface area contributed by atoms with Crippen molar-refractivity contribution in [1.29, 1.82) is 0 Å². The van der Waals surface area contributed by atoms with Gasteiger partial charge in [0.25, 0.3) is 11.8 Å². The number of fused-ring (bicyclic) bond motifs is 3. The number of nitrogens with one attached hydrogen (secondary N) is 2. The molecule has 0 aliphatic carbocycles. The van der Waals surface area contributed by atoms with Crippen LogP contribution < -0.4 is 40.1 Å². The largest absolute Gasteiger partial charge is 0.497 e. The molecule has 4 aromatic carbocycles. The second-order valence-electron chi connectivity index (χ2n) is 14.1. The van der Waals surface area contributed by atoms with Gasteiger partial charge >= 0.3 is 0 Å². The minimum Gasteiger partial charge on any atom is -0.497 e. The molecule has 0 fully saturated rings. The van der Waals surface area contributed by atoms with Crippen LogP contribution in [0, 0.1) is 0 Å². The van der Waals surface area contributed by atoms with E-state index < -0.39 is 6.04 Å². The molecule has 0 bridgehead atoms. The molecule has 3 amide bonds. The number of benzene rings is 4. The Hall–Kier alpha value is -6.93. The summed E-state index contributed by atoms with van der Waals surface area (Å²) in [6, 6.07) is 21.0. The standard InChI is InChI=1S/C45H46N6O8/c1-27(46)43(52)50-32-12-8-28(9-13-32)30-7-5-16-47-37-22-41(39(56-3)20-35(37)44(53)49-24-30)58-17-6-18-59-42-23-38-36(21-40(42)57-4)45(54)51-26-31(19-33(51)25-48-38)29-10-14-34(55-2)15-11-29/h8-16,20-27,33H,5-7,17-19,46H2,1-4H3,(H,49,53)(H,50,52)/b30-24+,47-16?/t27-,33-/m0/s1. The van der Waals surface area contributed by atoms with Crippen LogP contribution in [0.5, 0.6) is 28.7 Å². The van der Waals surface area contributed by atoms with E-state index >= 15 is 0 Å². The predicted octanol–water partition coefficient (Wildman–Crippen LogP) is 7.08. The Balaban J connectivity index is 0.970. The van der Waals surface area contributed by atoms with Gasteiger partial charge in [-0.05, 0) is 78.4 Å². The van der Waals surface area contributed by atoms with Gasteiger partial charge < -0.3 is 45.0 Å². The zero-order chi connectivity index (χ0) is 41.5. The summed E-state index contributed by atoms with van der Waals surface area (Å²) in [5.74, 6) is 1.65. The zero-order valence-electron chi connectivity index (χ0n) is 33.3. The lowest BCUT2D eigenvalue weighted by Crippen LogP contribution is -2.32. The number of ether oxygens (including phenoxy) is 5. The molecule has 0 aromatic heterocycles. The molecule has 0 saturated heterocycles. The molecule has 0 saturated carbocycles. The maximum Gasteiger partial charge on any atom is 0.260 e. The van der Waals surface area contributed by atoms with Crippen LogP contribution in [0.4, 0.5) is 17.1 Å². The molecule has 4 N–H and O–H groups in total. The quantitative estimate of drug-likeness (QED) is 0.119. The smallest absolute Gasteiger partial charge is 0.260 e. The molecule has 304 valence electrons. The van der Waals surface area contributed by atoms with Gasteiger partial charge in [-0.2, -0.15) is 0 Å². The highest BCUT2D eigenvalue weighted by atomic mass is 16.5. The van der Waals surface area contributed by atoms with Crippen molar-refractivity contribution in [3.63, 3.8) is 0 Å². The van der Waals surface area contributed by atoms with E-state index in [0.717, 1.165) is 28.0 Å². The van der Waals surface area contributed by atoms with Gasteiger partial charge in [-0.15, -0.1) is 0 Å². The molecule has 3 aliphatic heterocycles. The number of anilines is 1. The molecule has 7 rings (SSSR count). The predicted molar refractivity (Wildman–Crippen MR) is 227 cm³/mol. The minimum absolute atomic E-state index is 0.169. The van der Waals surface area contributed by atoms with E-state index in [1.807, 2.05) is 42.6 Å². The molecule has 0 spiro atoms. The van der Waals surface area contributed by atoms with Crippen LogP contribution in [0.2, 0.25) is 0 Å². The van der Waals surface area contributed by atoms with Gasteiger partial charge in [-0.1, -0.05) is 24.3 Å². The maximum atomic E-state index is 13.8. The zero-order valence-corrected chi connectivity index (χ0v) is 33.3. The number of rotatable bonds is 13. The van der Waals surface area contributed by atoms with Crippen molar-refractivity contribution < 1.29 is 38.1 Å². The van der Waals surface area contributed by atoms with Gasteiger partial charge in [0.15, 0.2) is 23.0 Å². The molecular weight excluding hydrogens is 753 g/mol. The fourth-order valence-electron chi connectivity index (χ4n) is 6.85. The first-order valence-corrected chi connectivity index (χ1v) is 19.3. The van der Waals surface area contributed by atoms with E-state index in [2.05, 4.69) is 15.6 Å². The summed E-state index contributed by atoms with van der Waals surface area (Å²) in [6.45, 7) is 2.17. The van der Waals surface area contributed by atoms with Crippen LogP contribution in [0.25, 0.3) is 11.1 Å². The van der Waals surface area contributed by atoms with Crippen molar-refractivity contribution in [1.82, 2.24) is 10.2 Å². The molecular formula is C45H46N6O8. The number of methoxy groups -OCH3 is 3. The first-order valence-electron chi connectivity index (χ1n) is 19.3. The highest BCUT2D eigenvalue weighted by Crippen LogP contribution is 2.40. The summed E-state index contributed by atoms with van der Waals surface area (Å²) in [4.78, 5) is 50.2. The molecule has 3 aliphatic rings. The third-order valence-corrected chi connectivity index (χ3v) is 10.1. The van der Waals surface area contributed by atoms with Crippen LogP contribution in [0.1, 0.15) is 64.4 Å². The van der Waals surface area contributed by atoms with Crippen molar-refractivity contribution in [2.75, 3.05) is 39.9 Å². The number of nitrogens with zero attached hydrogens (tertiary/aromatic N) is 3. The number of aliphatic imine (C=N–C) groups is 2. The Kier molecular flexibility index (Phi) is 12.4. The Labute approximate surface area is 342 Å². The number of hydrogen-bond acceptors (Lipinski definition) is 11. The Morgan fingerprint density at radius 3 is 2.10 bits per heavy atom. The summed E-state index contributed by atoms with van der Waals surface area (Å²) in [5, 5.41) is 5.67. The second kappa shape index (κ2) is 18.1. The third kappa shape index (κ3) is 9.13. The van der Waals surface area contributed by atoms with E-state index in [-0.39, 0.29) is 37.0 Å². The number of nitrogens with two attached hydrogens (primary N) is 1. The topological polar surface area (TPSA) is 175 Å². The van der Waals surface area contributed by atoms with E-state index in [9.17, 15) is 14.4 Å². The van der Waals surface area contributed by atoms with Crippen LogP contribution >= 0.6 is 0 Å². The Morgan fingerprint density at radius 2 is 1.46 bits per heavy atom. The third-order valence-electron chi connectivity index (χ3n) is 10.1. The van der Waals surface area contributed by atoms with Gasteiger partial charge in [0.05, 0.1) is 69.1 Å². The molecule has 4 aromatic rings. The molecule has 0 radical (unpaired) electrons. The minimum atomic E-state index is -0.623. The average molecular weight is 799 g/mol. The molecule has 14 nitrogen and oxygen atoms in total. The van der Waals surface area contributed by atoms with E-state index in [1.54, 1.807) is 74.0 Å². The van der Waals surface area contributed by atoms with Crippen LogP contribution in [0.3, 0.4) is 0 Å². The van der Waals surface area contributed by atoms with Crippen molar-refractivity contribution in [3.05, 3.63) is 107 Å². The van der Waals surface area contributed by atoms with Crippen molar-refractivity contribution in [2.24, 2.45) is 15.7 Å². The fraction of sp³-hybridized carbons (Fsp3) is 0.267. The van der Waals surface area contributed by atoms with E-state index in [1.165, 1.54) is 14.2 Å². The van der Waals surface area contributed by atoms with Crippen LogP contribution in [-0.2, 0) is 4.79 Å². The maximum absolute atomic E-state index is 13.8. The van der Waals surface area contributed by atoms with E-state index in [0.29, 0.717) is 76.9 Å². The summed E-state index contributed by atoms with van der Waals surface area (Å²) >= 11 is 0. The van der Waals surface area contributed by atoms with Crippen molar-refractivity contribution >= 4 is 58.4 Å². The number of carbonyl (C=O) groups excluding carboxylic acids is 3. The molecule has 14 heteroatoms. The fourth-order valence-corrected chi connectivity index (χ4v) is 6.85. The first kappa shape index (κ1) is 40.3.